The van der Waals surface area contributed by atoms with Gasteiger partial charge in [-0.05, 0) is 43.3 Å². The Bertz CT molecular complexity index is 985. The molecule has 0 unspecified atom stereocenters. The van der Waals surface area contributed by atoms with Gasteiger partial charge in [0.15, 0.2) is 0 Å². The van der Waals surface area contributed by atoms with Gasteiger partial charge in [-0.3, -0.25) is 14.8 Å². The third-order valence-corrected chi connectivity index (χ3v) is 10.1. The van der Waals surface area contributed by atoms with E-state index in [0.29, 0.717) is 11.2 Å². The number of fused-ring (bicyclic) bond motifs is 1. The van der Waals surface area contributed by atoms with Gasteiger partial charge in [0.25, 0.3) is 5.69 Å². The Morgan fingerprint density at radius 1 is 1.29 bits per heavy atom. The van der Waals surface area contributed by atoms with Crippen LogP contribution < -0.4 is 4.90 Å². The summed E-state index contributed by atoms with van der Waals surface area (Å²) in [7, 11) is -0.208. The molecule has 1 aromatic carbocycles. The summed E-state index contributed by atoms with van der Waals surface area (Å²) in [5.74, 6) is 0.842. The Hall–Kier alpha value is -2.61. The molecular formula is C20H28N4O3Si. The quantitative estimate of drug-likeness (QED) is 0.405. The van der Waals surface area contributed by atoms with Crippen LogP contribution in [0.25, 0.3) is 10.9 Å². The molecule has 0 spiro atoms. The van der Waals surface area contributed by atoms with Crippen molar-refractivity contribution in [3.63, 3.8) is 0 Å². The van der Waals surface area contributed by atoms with Crippen molar-refractivity contribution >= 4 is 30.6 Å². The topological polar surface area (TPSA) is 73.4 Å². The number of nitrogens with zero attached hydrogens (tertiary/aromatic N) is 4. The molecule has 1 aromatic heterocycles. The van der Waals surface area contributed by atoms with Crippen molar-refractivity contribution in [2.75, 3.05) is 4.90 Å². The molecule has 1 aliphatic rings. The van der Waals surface area contributed by atoms with Gasteiger partial charge < -0.3 is 9.33 Å². The Labute approximate surface area is 166 Å². The highest BCUT2D eigenvalue weighted by Crippen LogP contribution is 2.41. The van der Waals surface area contributed by atoms with Crippen LogP contribution in [-0.2, 0) is 11.5 Å². The molecule has 1 atom stereocenters. The average Bonchev–Trinajstić information content (AvgIpc) is 2.93. The lowest BCUT2D eigenvalue weighted by atomic mass is 10.1. The van der Waals surface area contributed by atoms with E-state index in [2.05, 4.69) is 39.0 Å². The summed E-state index contributed by atoms with van der Waals surface area (Å²) in [6.45, 7) is 13.0. The van der Waals surface area contributed by atoms with Gasteiger partial charge in [-0.15, -0.1) is 0 Å². The van der Waals surface area contributed by atoms with Gasteiger partial charge in [0, 0.05) is 30.9 Å². The smallest absolute Gasteiger partial charge is 0.295 e. The number of anilines is 1. The van der Waals surface area contributed by atoms with Crippen molar-refractivity contribution in [1.29, 1.82) is 0 Å². The average molecular weight is 401 g/mol. The van der Waals surface area contributed by atoms with Crippen LogP contribution in [0.4, 0.5) is 11.4 Å². The molecule has 2 aromatic rings. The summed E-state index contributed by atoms with van der Waals surface area (Å²) in [5.41, 5.74) is 1.19. The van der Waals surface area contributed by atoms with E-state index in [1.807, 2.05) is 49.5 Å². The highest BCUT2D eigenvalue weighted by Gasteiger charge is 2.41. The molecule has 8 heteroatoms. The fourth-order valence-corrected chi connectivity index (χ4v) is 4.15. The number of aryl methyl sites for hydroxylation is 1. The Balaban J connectivity index is 2.01. The molecule has 0 aliphatic carbocycles. The first-order chi connectivity index (χ1) is 12.9. The van der Waals surface area contributed by atoms with Crippen LogP contribution >= 0.6 is 0 Å². The number of nitro groups is 1. The van der Waals surface area contributed by atoms with Crippen LogP contribution in [0, 0.1) is 10.1 Å². The lowest BCUT2D eigenvalue weighted by Gasteiger charge is -2.41. The first-order valence-electron chi connectivity index (χ1n) is 9.38. The van der Waals surface area contributed by atoms with Crippen LogP contribution in [0.15, 0.2) is 42.4 Å². The molecule has 0 radical (unpaired) electrons. The van der Waals surface area contributed by atoms with Crippen LogP contribution in [0.5, 0.6) is 0 Å². The van der Waals surface area contributed by atoms with E-state index < -0.39 is 8.32 Å². The van der Waals surface area contributed by atoms with Gasteiger partial charge in [0.05, 0.1) is 16.5 Å². The van der Waals surface area contributed by atoms with Crippen LogP contribution in [0.2, 0.25) is 18.1 Å². The van der Waals surface area contributed by atoms with Crippen LogP contribution in [0.3, 0.4) is 0 Å². The summed E-state index contributed by atoms with van der Waals surface area (Å²) in [6.07, 6.45) is 7.59. The molecule has 0 fully saturated rings. The summed E-state index contributed by atoms with van der Waals surface area (Å²) in [5, 5.41) is 17.0. The number of aromatic nitrogens is 2. The molecule has 3 rings (SSSR count). The van der Waals surface area contributed by atoms with E-state index in [4.69, 9.17) is 4.43 Å². The Kier molecular flexibility index (Phi) is 4.87. The predicted octanol–water partition coefficient (Wildman–Crippen LogP) is 5.11. The molecule has 0 N–H and O–H groups in total. The van der Waals surface area contributed by atoms with Gasteiger partial charge in [-0.1, -0.05) is 20.8 Å². The van der Waals surface area contributed by atoms with E-state index in [1.165, 1.54) is 6.07 Å². The minimum Gasteiger partial charge on any atom is -0.545 e. The predicted molar refractivity (Wildman–Crippen MR) is 115 cm³/mol. The largest absolute Gasteiger partial charge is 0.545 e. The van der Waals surface area contributed by atoms with E-state index in [1.54, 1.807) is 4.68 Å². The maximum Gasteiger partial charge on any atom is 0.295 e. The SMILES string of the molecule is C[C@H]1C(O[Si](C)(C)C(C)(C)C)=CC=CN1c1cc2cn(C)nc2cc1[N+](=O)[O-]. The van der Waals surface area contributed by atoms with Crippen molar-refractivity contribution in [3.8, 4) is 0 Å². The zero-order valence-corrected chi connectivity index (χ0v) is 18.6. The number of hydrogen-bond donors (Lipinski definition) is 0. The van der Waals surface area contributed by atoms with Crippen LogP contribution in [0.1, 0.15) is 27.7 Å². The zero-order chi connectivity index (χ0) is 20.9. The maximum absolute atomic E-state index is 11.7. The second-order valence-corrected chi connectivity index (χ2v) is 13.5. The summed E-state index contributed by atoms with van der Waals surface area (Å²) in [6, 6.07) is 3.22. The molecule has 0 saturated carbocycles. The fraction of sp³-hybridized carbons (Fsp3) is 0.450. The van der Waals surface area contributed by atoms with Gasteiger partial charge >= 0.3 is 0 Å². The Morgan fingerprint density at radius 3 is 2.57 bits per heavy atom. The van der Waals surface area contributed by atoms with Gasteiger partial charge in [0.1, 0.15) is 11.4 Å². The fourth-order valence-electron chi connectivity index (χ4n) is 3.02. The lowest BCUT2D eigenvalue weighted by molar-refractivity contribution is -0.384. The molecule has 2 heterocycles. The van der Waals surface area contributed by atoms with Crippen molar-refractivity contribution in [2.24, 2.45) is 7.05 Å². The second kappa shape index (κ2) is 6.77. The molecule has 0 bridgehead atoms. The highest BCUT2D eigenvalue weighted by atomic mass is 28.4. The van der Waals surface area contributed by atoms with E-state index in [9.17, 15) is 10.1 Å². The van der Waals surface area contributed by atoms with Gasteiger partial charge in [-0.25, -0.2) is 0 Å². The number of benzene rings is 1. The molecule has 0 saturated heterocycles. The number of hydrogen-bond acceptors (Lipinski definition) is 5. The van der Waals surface area contributed by atoms with Crippen molar-refractivity contribution in [3.05, 3.63) is 52.6 Å². The van der Waals surface area contributed by atoms with Gasteiger partial charge in [0.2, 0.25) is 8.32 Å². The van der Waals surface area contributed by atoms with Crippen LogP contribution in [-0.4, -0.2) is 29.1 Å². The van der Waals surface area contributed by atoms with Crippen molar-refractivity contribution in [2.45, 2.75) is 51.9 Å². The van der Waals surface area contributed by atoms with Crippen molar-refractivity contribution in [1.82, 2.24) is 9.78 Å². The maximum atomic E-state index is 11.7. The first kappa shape index (κ1) is 20.1. The standard InChI is InChI=1S/C20H28N4O3Si/c1-14-19(27-28(6,7)20(2,3)4)9-8-10-23(14)17-11-15-13-22(5)21-16(15)12-18(17)24(25)26/h8-14H,1-7H3/t14-/m0/s1. The Morgan fingerprint density at radius 2 is 1.96 bits per heavy atom. The monoisotopic (exact) mass is 400 g/mol. The molecule has 1 aliphatic heterocycles. The molecule has 0 amide bonds. The minimum atomic E-state index is -2.02. The highest BCUT2D eigenvalue weighted by molar-refractivity contribution is 6.74. The molecular weight excluding hydrogens is 372 g/mol. The normalized spacial score (nSPS) is 17.8. The van der Waals surface area contributed by atoms with E-state index in [-0.39, 0.29) is 21.7 Å². The summed E-state index contributed by atoms with van der Waals surface area (Å²) in [4.78, 5) is 13.3. The zero-order valence-electron chi connectivity index (χ0n) is 17.6. The summed E-state index contributed by atoms with van der Waals surface area (Å²) >= 11 is 0. The van der Waals surface area contributed by atoms with Gasteiger partial charge in [-0.2, -0.15) is 5.10 Å². The third kappa shape index (κ3) is 3.56. The number of allylic oxidation sites excluding steroid dienone is 2. The molecule has 150 valence electrons. The van der Waals surface area contributed by atoms with Crippen molar-refractivity contribution < 1.29 is 9.35 Å². The number of rotatable bonds is 4. The lowest BCUT2D eigenvalue weighted by Crippen LogP contribution is -2.44. The molecule has 7 nitrogen and oxygen atoms in total. The second-order valence-electron chi connectivity index (χ2n) is 8.82. The molecule has 28 heavy (non-hydrogen) atoms. The third-order valence-electron chi connectivity index (χ3n) is 5.71. The van der Waals surface area contributed by atoms with E-state index >= 15 is 0 Å². The number of nitro benzene ring substituents is 1. The summed E-state index contributed by atoms with van der Waals surface area (Å²) < 4.78 is 8.19. The van der Waals surface area contributed by atoms with E-state index in [0.717, 1.165) is 11.1 Å². The minimum absolute atomic E-state index is 0.0382. The first-order valence-corrected chi connectivity index (χ1v) is 12.3.